The van der Waals surface area contributed by atoms with Crippen LogP contribution in [0, 0.1) is 23.2 Å². The molecule has 0 aromatic carbocycles. The van der Waals surface area contributed by atoms with E-state index in [0.29, 0.717) is 5.92 Å². The average Bonchev–Trinajstić information content (AvgIpc) is 2.97. The van der Waals surface area contributed by atoms with Gasteiger partial charge in [-0.05, 0) is 81.0 Å². The molecule has 0 heterocycles. The minimum atomic E-state index is -0.150. The lowest BCUT2D eigenvalue weighted by Crippen LogP contribution is -2.41. The predicted octanol–water partition coefficient (Wildman–Crippen LogP) is 6.43. The van der Waals surface area contributed by atoms with Crippen molar-refractivity contribution in [3.63, 3.8) is 0 Å². The van der Waals surface area contributed by atoms with Crippen molar-refractivity contribution < 1.29 is 5.11 Å². The van der Waals surface area contributed by atoms with Crippen molar-refractivity contribution in [2.45, 2.75) is 97.0 Å². The zero-order valence-corrected chi connectivity index (χ0v) is 16.0. The molecular weight excluding hydrogens is 292 g/mol. The Morgan fingerprint density at radius 1 is 0.917 bits per heavy atom. The van der Waals surface area contributed by atoms with E-state index in [4.69, 9.17) is 0 Å². The predicted molar refractivity (Wildman–Crippen MR) is 103 cm³/mol. The van der Waals surface area contributed by atoms with Gasteiger partial charge in [-0.1, -0.05) is 56.9 Å². The Morgan fingerprint density at radius 3 is 2.42 bits per heavy atom. The Kier molecular flexibility index (Phi) is 5.90. The van der Waals surface area contributed by atoms with Gasteiger partial charge in [0.05, 0.1) is 6.10 Å². The third-order valence-corrected chi connectivity index (χ3v) is 7.56. The van der Waals surface area contributed by atoms with Gasteiger partial charge in [0, 0.05) is 0 Å². The molecule has 2 saturated carbocycles. The quantitative estimate of drug-likeness (QED) is 0.508. The van der Waals surface area contributed by atoms with E-state index < -0.39 is 0 Å². The van der Waals surface area contributed by atoms with Crippen LogP contribution in [0.15, 0.2) is 23.8 Å². The minimum absolute atomic E-state index is 0.0143. The molecular formula is C23H38O. The molecule has 1 heteroatoms. The van der Waals surface area contributed by atoms with Crippen LogP contribution in [0.2, 0.25) is 0 Å². The number of allylic oxidation sites excluding steroid dienone is 3. The lowest BCUT2D eigenvalue weighted by atomic mass is 9.62. The van der Waals surface area contributed by atoms with E-state index in [1.54, 1.807) is 5.57 Å². The van der Waals surface area contributed by atoms with Crippen molar-refractivity contribution in [2.75, 3.05) is 0 Å². The maximum atomic E-state index is 10.5. The molecule has 3 aliphatic carbocycles. The lowest BCUT2D eigenvalue weighted by molar-refractivity contribution is -0.00926. The highest BCUT2D eigenvalue weighted by Crippen LogP contribution is 2.47. The summed E-state index contributed by atoms with van der Waals surface area (Å²) >= 11 is 0. The summed E-state index contributed by atoms with van der Waals surface area (Å²) in [5.41, 5.74) is 3.10. The number of rotatable bonds is 0. The normalized spacial score (nSPS) is 40.3. The number of hydrogen-bond donors (Lipinski definition) is 1. The van der Waals surface area contributed by atoms with Gasteiger partial charge in [-0.25, -0.2) is 0 Å². The van der Waals surface area contributed by atoms with E-state index in [2.05, 4.69) is 26.5 Å². The fourth-order valence-electron chi connectivity index (χ4n) is 5.81. The minimum Gasteiger partial charge on any atom is -0.393 e. The average molecular weight is 331 g/mol. The van der Waals surface area contributed by atoms with Crippen LogP contribution >= 0.6 is 0 Å². The highest BCUT2D eigenvalue weighted by Gasteiger charge is 2.41. The summed E-state index contributed by atoms with van der Waals surface area (Å²) in [6.07, 6.45) is 17.8. The van der Waals surface area contributed by atoms with Gasteiger partial charge < -0.3 is 5.11 Å². The molecule has 0 bridgehead atoms. The molecule has 4 atom stereocenters. The van der Waals surface area contributed by atoms with Crippen molar-refractivity contribution in [1.29, 1.82) is 0 Å². The molecule has 3 rings (SSSR count). The molecule has 0 radical (unpaired) electrons. The molecule has 4 unspecified atom stereocenters. The van der Waals surface area contributed by atoms with Crippen LogP contribution in [-0.4, -0.2) is 11.2 Å². The van der Waals surface area contributed by atoms with Gasteiger partial charge in [-0.3, -0.25) is 0 Å². The van der Waals surface area contributed by atoms with Crippen molar-refractivity contribution in [1.82, 2.24) is 0 Å². The molecule has 0 amide bonds. The monoisotopic (exact) mass is 330 g/mol. The van der Waals surface area contributed by atoms with Gasteiger partial charge in [0.2, 0.25) is 0 Å². The zero-order chi connectivity index (χ0) is 17.2. The smallest absolute Gasteiger partial charge is 0.0599 e. The highest BCUT2D eigenvalue weighted by atomic mass is 16.3. The molecule has 0 aromatic rings. The van der Waals surface area contributed by atoms with Crippen LogP contribution in [0.4, 0.5) is 0 Å². The van der Waals surface area contributed by atoms with Gasteiger partial charge in [-0.15, -0.1) is 0 Å². The molecule has 0 aliphatic heterocycles. The van der Waals surface area contributed by atoms with Gasteiger partial charge in [0.25, 0.3) is 0 Å². The van der Waals surface area contributed by atoms with Crippen LogP contribution in [0.3, 0.4) is 0 Å². The van der Waals surface area contributed by atoms with Crippen LogP contribution < -0.4 is 0 Å². The van der Waals surface area contributed by atoms with Gasteiger partial charge >= 0.3 is 0 Å². The molecule has 3 aliphatic rings. The summed E-state index contributed by atoms with van der Waals surface area (Å²) in [6, 6.07) is 0. The fraction of sp³-hybridized carbons (Fsp3) is 0.826. The van der Waals surface area contributed by atoms with Crippen LogP contribution in [0.5, 0.6) is 0 Å². The Hall–Kier alpha value is -0.560. The molecule has 1 nitrogen and oxygen atoms in total. The molecule has 24 heavy (non-hydrogen) atoms. The van der Waals surface area contributed by atoms with Gasteiger partial charge in [-0.2, -0.15) is 0 Å². The van der Waals surface area contributed by atoms with E-state index in [1.807, 2.05) is 0 Å². The molecule has 0 spiro atoms. The Morgan fingerprint density at radius 2 is 1.62 bits per heavy atom. The van der Waals surface area contributed by atoms with Crippen molar-refractivity contribution in [2.24, 2.45) is 23.2 Å². The summed E-state index contributed by atoms with van der Waals surface area (Å²) in [7, 11) is 0. The van der Waals surface area contributed by atoms with Crippen molar-refractivity contribution >= 4 is 0 Å². The van der Waals surface area contributed by atoms with Crippen LogP contribution in [-0.2, 0) is 0 Å². The van der Waals surface area contributed by atoms with E-state index in [-0.39, 0.29) is 11.5 Å². The zero-order valence-electron chi connectivity index (χ0n) is 16.0. The second-order valence-corrected chi connectivity index (χ2v) is 9.42. The van der Waals surface area contributed by atoms with Crippen LogP contribution in [0.1, 0.15) is 90.9 Å². The Bertz CT molecular complexity index is 472. The maximum Gasteiger partial charge on any atom is 0.0599 e. The summed E-state index contributed by atoms with van der Waals surface area (Å²) in [6.45, 7) is 8.94. The van der Waals surface area contributed by atoms with E-state index >= 15 is 0 Å². The maximum absolute atomic E-state index is 10.5. The van der Waals surface area contributed by atoms with E-state index in [9.17, 15) is 5.11 Å². The number of fused-ring (bicyclic) bond motifs is 2. The number of aliphatic hydroxyl groups excluding tert-OH is 1. The Balaban J connectivity index is 1.77. The second-order valence-electron chi connectivity index (χ2n) is 9.42. The third kappa shape index (κ3) is 3.98. The lowest BCUT2D eigenvalue weighted by Gasteiger charge is -2.44. The van der Waals surface area contributed by atoms with Crippen LogP contribution in [0.25, 0.3) is 0 Å². The number of aliphatic hydroxyl groups is 1. The van der Waals surface area contributed by atoms with Crippen molar-refractivity contribution in [3.8, 4) is 0 Å². The van der Waals surface area contributed by atoms with E-state index in [1.165, 1.54) is 63.4 Å². The van der Waals surface area contributed by atoms with Gasteiger partial charge in [0.1, 0.15) is 0 Å². The number of hydrogen-bond acceptors (Lipinski definition) is 1. The first-order chi connectivity index (χ1) is 11.5. The molecule has 2 fully saturated rings. The molecule has 1 N–H and O–H groups in total. The first-order valence-corrected chi connectivity index (χ1v) is 10.5. The first-order valence-electron chi connectivity index (χ1n) is 10.5. The van der Waals surface area contributed by atoms with E-state index in [0.717, 1.165) is 31.1 Å². The molecule has 136 valence electrons. The topological polar surface area (TPSA) is 20.2 Å². The standard InChI is InChI=1S/C23H38O/c1-17-7-4-8-18-9-5-10-19(18)11-6-12-20-14-16-22(24)23(2,3)21(20)15-13-17/h12,18-19,21-22,24H,1,4-11,13-16H2,2-3H3/b20-12-. The SMILES string of the molecule is C=C1CCCC2CCCC2CC/C=C2/CCC(O)C(C)(C)C2CC1. The molecule has 0 saturated heterocycles. The van der Waals surface area contributed by atoms with Gasteiger partial charge in [0.15, 0.2) is 0 Å². The summed E-state index contributed by atoms with van der Waals surface area (Å²) in [5, 5.41) is 10.5. The highest BCUT2D eigenvalue weighted by molar-refractivity contribution is 5.17. The first kappa shape index (κ1) is 18.2. The molecule has 0 aromatic heterocycles. The second kappa shape index (κ2) is 7.77. The summed E-state index contributed by atoms with van der Waals surface area (Å²) in [5.74, 6) is 2.49. The van der Waals surface area contributed by atoms with Crippen molar-refractivity contribution in [3.05, 3.63) is 23.8 Å². The third-order valence-electron chi connectivity index (χ3n) is 7.56. The largest absolute Gasteiger partial charge is 0.393 e. The summed E-state index contributed by atoms with van der Waals surface area (Å²) in [4.78, 5) is 0. The Labute approximate surface area is 149 Å². The summed E-state index contributed by atoms with van der Waals surface area (Å²) < 4.78 is 0. The fourth-order valence-corrected chi connectivity index (χ4v) is 5.81.